The molecule has 0 heterocycles. The van der Waals surface area contributed by atoms with Crippen LogP contribution >= 0.6 is 0 Å². The maximum atomic E-state index is 11.5. The number of hydrogen-bond acceptors (Lipinski definition) is 2. The van der Waals surface area contributed by atoms with E-state index < -0.39 is 0 Å². The molecule has 0 aromatic heterocycles. The number of methoxy groups -OCH3 is 1. The van der Waals surface area contributed by atoms with E-state index in [1.807, 2.05) is 6.92 Å². The Labute approximate surface area is 80.4 Å². The van der Waals surface area contributed by atoms with Gasteiger partial charge >= 0.3 is 0 Å². The highest BCUT2D eigenvalue weighted by molar-refractivity contribution is 5.76. The Kier molecular flexibility index (Phi) is 7.30. The molecule has 0 aliphatic carbocycles. The minimum absolute atomic E-state index is 0.180. The number of rotatable bonds is 7. The molecule has 0 unspecified atom stereocenters. The molecule has 0 aromatic rings. The quantitative estimate of drug-likeness (QED) is 0.562. The van der Waals surface area contributed by atoms with Crippen LogP contribution in [0.25, 0.3) is 0 Å². The second-order valence-electron chi connectivity index (χ2n) is 2.87. The lowest BCUT2D eigenvalue weighted by Gasteiger charge is -2.20. The van der Waals surface area contributed by atoms with Crippen LogP contribution in [0.3, 0.4) is 0 Å². The predicted molar refractivity (Wildman–Crippen MR) is 53.6 cm³/mol. The maximum Gasteiger partial charge on any atom is 0.222 e. The number of amides is 1. The molecule has 0 atom stereocenters. The van der Waals surface area contributed by atoms with Gasteiger partial charge in [-0.15, -0.1) is 6.58 Å². The summed E-state index contributed by atoms with van der Waals surface area (Å²) in [5.41, 5.74) is 0. The molecule has 0 radical (unpaired) electrons. The SMILES string of the molecule is C=CCN(CCOC)C(=O)CCC. The van der Waals surface area contributed by atoms with E-state index in [1.165, 1.54) is 0 Å². The van der Waals surface area contributed by atoms with Crippen molar-refractivity contribution in [1.82, 2.24) is 4.90 Å². The monoisotopic (exact) mass is 185 g/mol. The van der Waals surface area contributed by atoms with E-state index in [-0.39, 0.29) is 5.91 Å². The Morgan fingerprint density at radius 2 is 2.31 bits per heavy atom. The van der Waals surface area contributed by atoms with Crippen LogP contribution in [0, 0.1) is 0 Å². The summed E-state index contributed by atoms with van der Waals surface area (Å²) in [6, 6.07) is 0. The fraction of sp³-hybridized carbons (Fsp3) is 0.700. The molecule has 0 aliphatic rings. The minimum Gasteiger partial charge on any atom is -0.383 e. The Hall–Kier alpha value is -0.830. The van der Waals surface area contributed by atoms with Crippen molar-refractivity contribution in [3.63, 3.8) is 0 Å². The first-order valence-corrected chi connectivity index (χ1v) is 4.63. The van der Waals surface area contributed by atoms with Crippen LogP contribution in [-0.2, 0) is 9.53 Å². The highest BCUT2D eigenvalue weighted by Crippen LogP contribution is 1.97. The highest BCUT2D eigenvalue weighted by atomic mass is 16.5. The second-order valence-corrected chi connectivity index (χ2v) is 2.87. The van der Waals surface area contributed by atoms with Gasteiger partial charge in [0.1, 0.15) is 0 Å². The van der Waals surface area contributed by atoms with E-state index in [0.29, 0.717) is 26.1 Å². The van der Waals surface area contributed by atoms with Gasteiger partial charge in [-0.25, -0.2) is 0 Å². The van der Waals surface area contributed by atoms with Crippen molar-refractivity contribution in [2.45, 2.75) is 19.8 Å². The molecule has 0 fully saturated rings. The lowest BCUT2D eigenvalue weighted by molar-refractivity contribution is -0.131. The van der Waals surface area contributed by atoms with Gasteiger partial charge in [-0.1, -0.05) is 13.0 Å². The largest absolute Gasteiger partial charge is 0.383 e. The molecule has 76 valence electrons. The van der Waals surface area contributed by atoms with Crippen molar-refractivity contribution in [2.24, 2.45) is 0 Å². The Morgan fingerprint density at radius 3 is 2.77 bits per heavy atom. The minimum atomic E-state index is 0.180. The molecule has 0 N–H and O–H groups in total. The number of carbonyl (C=O) groups is 1. The van der Waals surface area contributed by atoms with Gasteiger partial charge < -0.3 is 9.64 Å². The zero-order valence-electron chi connectivity index (χ0n) is 8.58. The topological polar surface area (TPSA) is 29.5 Å². The second kappa shape index (κ2) is 7.80. The molecule has 0 spiro atoms. The summed E-state index contributed by atoms with van der Waals surface area (Å²) < 4.78 is 4.92. The summed E-state index contributed by atoms with van der Waals surface area (Å²) in [5.74, 6) is 0.180. The summed E-state index contributed by atoms with van der Waals surface area (Å²) in [6.45, 7) is 7.47. The Morgan fingerprint density at radius 1 is 1.62 bits per heavy atom. The molecule has 0 saturated carbocycles. The van der Waals surface area contributed by atoms with E-state index in [9.17, 15) is 4.79 Å². The Balaban J connectivity index is 3.90. The van der Waals surface area contributed by atoms with Crippen LogP contribution in [0.5, 0.6) is 0 Å². The molecule has 3 nitrogen and oxygen atoms in total. The van der Waals surface area contributed by atoms with Crippen molar-refractivity contribution in [3.05, 3.63) is 12.7 Å². The number of hydrogen-bond donors (Lipinski definition) is 0. The van der Waals surface area contributed by atoms with E-state index in [0.717, 1.165) is 6.42 Å². The lowest BCUT2D eigenvalue weighted by Crippen LogP contribution is -2.33. The number of nitrogens with zero attached hydrogens (tertiary/aromatic N) is 1. The van der Waals surface area contributed by atoms with Gasteiger partial charge in [-0.05, 0) is 6.42 Å². The molecular weight excluding hydrogens is 166 g/mol. The molecule has 13 heavy (non-hydrogen) atoms. The standard InChI is InChI=1S/C10H19NO2/c1-4-6-10(12)11(7-5-2)8-9-13-3/h5H,2,4,6-9H2,1,3H3. The first kappa shape index (κ1) is 12.2. The summed E-state index contributed by atoms with van der Waals surface area (Å²) in [4.78, 5) is 13.2. The predicted octanol–water partition coefficient (Wildman–Crippen LogP) is 1.45. The summed E-state index contributed by atoms with van der Waals surface area (Å²) in [5, 5.41) is 0. The smallest absolute Gasteiger partial charge is 0.222 e. The normalized spacial score (nSPS) is 9.69. The molecule has 0 rings (SSSR count). The molecule has 0 saturated heterocycles. The first-order chi connectivity index (χ1) is 6.26. The highest BCUT2D eigenvalue weighted by Gasteiger charge is 2.09. The van der Waals surface area contributed by atoms with Gasteiger partial charge in [0.2, 0.25) is 5.91 Å². The van der Waals surface area contributed by atoms with Crippen LogP contribution in [0.1, 0.15) is 19.8 Å². The summed E-state index contributed by atoms with van der Waals surface area (Å²) in [7, 11) is 1.64. The number of ether oxygens (including phenoxy) is 1. The zero-order chi connectivity index (χ0) is 10.1. The van der Waals surface area contributed by atoms with Gasteiger partial charge in [-0.2, -0.15) is 0 Å². The van der Waals surface area contributed by atoms with Crippen molar-refractivity contribution in [3.8, 4) is 0 Å². The fourth-order valence-corrected chi connectivity index (χ4v) is 1.05. The fourth-order valence-electron chi connectivity index (χ4n) is 1.05. The molecule has 0 aliphatic heterocycles. The van der Waals surface area contributed by atoms with Crippen LogP contribution in [0.15, 0.2) is 12.7 Å². The molecule has 3 heteroatoms. The van der Waals surface area contributed by atoms with Crippen molar-refractivity contribution >= 4 is 5.91 Å². The number of carbonyl (C=O) groups excluding carboxylic acids is 1. The van der Waals surface area contributed by atoms with Crippen molar-refractivity contribution in [1.29, 1.82) is 0 Å². The molecule has 0 bridgehead atoms. The lowest BCUT2D eigenvalue weighted by atomic mass is 10.3. The van der Waals surface area contributed by atoms with Gasteiger partial charge in [0, 0.05) is 26.6 Å². The molecule has 0 aromatic carbocycles. The van der Waals surface area contributed by atoms with Gasteiger partial charge in [-0.3, -0.25) is 4.79 Å². The van der Waals surface area contributed by atoms with Crippen LogP contribution in [0.4, 0.5) is 0 Å². The third-order valence-corrected chi connectivity index (χ3v) is 1.73. The average molecular weight is 185 g/mol. The van der Waals surface area contributed by atoms with E-state index >= 15 is 0 Å². The third-order valence-electron chi connectivity index (χ3n) is 1.73. The van der Waals surface area contributed by atoms with Gasteiger partial charge in [0.25, 0.3) is 0 Å². The summed E-state index contributed by atoms with van der Waals surface area (Å²) in [6.07, 6.45) is 3.24. The van der Waals surface area contributed by atoms with Gasteiger partial charge in [0.15, 0.2) is 0 Å². The van der Waals surface area contributed by atoms with E-state index in [2.05, 4.69) is 6.58 Å². The third kappa shape index (κ3) is 5.42. The van der Waals surface area contributed by atoms with Crippen LogP contribution in [0.2, 0.25) is 0 Å². The van der Waals surface area contributed by atoms with Crippen LogP contribution < -0.4 is 0 Å². The van der Waals surface area contributed by atoms with Gasteiger partial charge in [0.05, 0.1) is 6.61 Å². The summed E-state index contributed by atoms with van der Waals surface area (Å²) >= 11 is 0. The Bertz CT molecular complexity index is 157. The van der Waals surface area contributed by atoms with Crippen LogP contribution in [-0.4, -0.2) is 37.6 Å². The first-order valence-electron chi connectivity index (χ1n) is 4.63. The average Bonchev–Trinajstić information content (AvgIpc) is 2.12. The van der Waals surface area contributed by atoms with E-state index in [4.69, 9.17) is 4.74 Å². The van der Waals surface area contributed by atoms with Crippen molar-refractivity contribution < 1.29 is 9.53 Å². The zero-order valence-corrected chi connectivity index (χ0v) is 8.58. The van der Waals surface area contributed by atoms with Crippen molar-refractivity contribution in [2.75, 3.05) is 26.8 Å². The molecular formula is C10H19NO2. The molecule has 1 amide bonds. The van der Waals surface area contributed by atoms with E-state index in [1.54, 1.807) is 18.1 Å². The maximum absolute atomic E-state index is 11.5.